The Morgan fingerprint density at radius 3 is 2.69 bits per heavy atom. The molecule has 0 aliphatic heterocycles. The first-order chi connectivity index (χ1) is 13.9. The van der Waals surface area contributed by atoms with Crippen molar-refractivity contribution >= 4 is 29.6 Å². The smallest absolute Gasteiger partial charge is 0.262 e. The van der Waals surface area contributed by atoms with Crippen molar-refractivity contribution < 1.29 is 14.3 Å². The number of rotatable bonds is 8. The van der Waals surface area contributed by atoms with Gasteiger partial charge in [0.2, 0.25) is 0 Å². The number of hydrogen-bond acceptors (Lipinski definition) is 5. The van der Waals surface area contributed by atoms with Crippen molar-refractivity contribution in [2.75, 3.05) is 6.61 Å². The van der Waals surface area contributed by atoms with Gasteiger partial charge in [0.15, 0.2) is 6.61 Å². The summed E-state index contributed by atoms with van der Waals surface area (Å²) in [5.74, 6) is -0.530. The van der Waals surface area contributed by atoms with E-state index in [2.05, 4.69) is 15.8 Å². The van der Waals surface area contributed by atoms with E-state index >= 15 is 0 Å². The SMILES string of the molecule is CC(C)C(NC(=O)c1ccccc1Cl)C(=O)NN=Cc1cccc(OCC#N)c1. The number of benzene rings is 2. The Balaban J connectivity index is 2.01. The Morgan fingerprint density at radius 2 is 2.00 bits per heavy atom. The molecule has 0 aliphatic rings. The average molecular weight is 413 g/mol. The highest BCUT2D eigenvalue weighted by Crippen LogP contribution is 2.15. The molecule has 0 saturated carbocycles. The van der Waals surface area contributed by atoms with Crippen LogP contribution in [0.25, 0.3) is 0 Å². The van der Waals surface area contributed by atoms with Crippen molar-refractivity contribution in [2.45, 2.75) is 19.9 Å². The van der Waals surface area contributed by atoms with E-state index in [4.69, 9.17) is 21.6 Å². The van der Waals surface area contributed by atoms with Crippen molar-refractivity contribution in [3.8, 4) is 11.8 Å². The zero-order valence-electron chi connectivity index (χ0n) is 16.1. The maximum Gasteiger partial charge on any atom is 0.262 e. The van der Waals surface area contributed by atoms with Gasteiger partial charge < -0.3 is 10.1 Å². The number of hydrazone groups is 1. The van der Waals surface area contributed by atoms with E-state index in [0.717, 1.165) is 0 Å². The van der Waals surface area contributed by atoms with Crippen LogP contribution in [0.15, 0.2) is 53.6 Å². The number of halogens is 1. The number of amides is 2. The molecule has 2 amide bonds. The maximum atomic E-state index is 12.5. The molecule has 29 heavy (non-hydrogen) atoms. The molecule has 0 bridgehead atoms. The summed E-state index contributed by atoms with van der Waals surface area (Å²) >= 11 is 6.04. The summed E-state index contributed by atoms with van der Waals surface area (Å²) < 4.78 is 5.22. The van der Waals surface area contributed by atoms with Gasteiger partial charge in [0.1, 0.15) is 17.9 Å². The Bertz CT molecular complexity index is 938. The minimum absolute atomic E-state index is 0.0570. The monoisotopic (exact) mass is 412 g/mol. The summed E-state index contributed by atoms with van der Waals surface area (Å²) in [6.07, 6.45) is 1.45. The first-order valence-electron chi connectivity index (χ1n) is 8.90. The van der Waals surface area contributed by atoms with E-state index in [1.807, 2.05) is 19.9 Å². The molecule has 8 heteroatoms. The van der Waals surface area contributed by atoms with Gasteiger partial charge in [-0.2, -0.15) is 10.4 Å². The maximum absolute atomic E-state index is 12.5. The minimum Gasteiger partial charge on any atom is -0.479 e. The summed E-state index contributed by atoms with van der Waals surface area (Å²) in [6, 6.07) is 14.6. The molecule has 2 N–H and O–H groups in total. The highest BCUT2D eigenvalue weighted by atomic mass is 35.5. The second-order valence-corrected chi connectivity index (χ2v) is 6.84. The number of carbonyl (C=O) groups excluding carboxylic acids is 2. The second-order valence-electron chi connectivity index (χ2n) is 6.43. The second kappa shape index (κ2) is 10.8. The zero-order valence-corrected chi connectivity index (χ0v) is 16.8. The van der Waals surface area contributed by atoms with E-state index in [-0.39, 0.29) is 12.5 Å². The Hall–Kier alpha value is -3.37. The Labute approximate surface area is 174 Å². The summed E-state index contributed by atoms with van der Waals surface area (Å²) in [5.41, 5.74) is 3.42. The quantitative estimate of drug-likeness (QED) is 0.513. The van der Waals surface area contributed by atoms with Crippen molar-refractivity contribution in [3.63, 3.8) is 0 Å². The van der Waals surface area contributed by atoms with Crippen molar-refractivity contribution in [2.24, 2.45) is 11.0 Å². The molecular formula is C21H21ClN4O3. The van der Waals surface area contributed by atoms with Crippen LogP contribution in [-0.4, -0.2) is 30.7 Å². The Morgan fingerprint density at radius 1 is 1.24 bits per heavy atom. The van der Waals surface area contributed by atoms with E-state index in [1.54, 1.807) is 48.5 Å². The highest BCUT2D eigenvalue weighted by molar-refractivity contribution is 6.33. The lowest BCUT2D eigenvalue weighted by atomic mass is 10.0. The third kappa shape index (κ3) is 6.63. The van der Waals surface area contributed by atoms with Crippen LogP contribution >= 0.6 is 11.6 Å². The summed E-state index contributed by atoms with van der Waals surface area (Å²) in [4.78, 5) is 25.0. The van der Waals surface area contributed by atoms with E-state index in [1.165, 1.54) is 6.21 Å². The van der Waals surface area contributed by atoms with Crippen LogP contribution in [0.3, 0.4) is 0 Å². The number of nitrogens with one attached hydrogen (secondary N) is 2. The molecule has 0 saturated heterocycles. The van der Waals surface area contributed by atoms with E-state index in [0.29, 0.717) is 21.9 Å². The molecule has 0 radical (unpaired) electrons. The van der Waals surface area contributed by atoms with Crippen molar-refractivity contribution in [3.05, 3.63) is 64.7 Å². The van der Waals surface area contributed by atoms with Gasteiger partial charge in [0.05, 0.1) is 16.8 Å². The van der Waals surface area contributed by atoms with Gasteiger partial charge in [-0.25, -0.2) is 5.43 Å². The summed E-state index contributed by atoms with van der Waals surface area (Å²) in [6.45, 7) is 3.58. The first kappa shape index (κ1) is 21.9. The molecule has 7 nitrogen and oxygen atoms in total. The number of nitrogens with zero attached hydrogens (tertiary/aromatic N) is 2. The van der Waals surface area contributed by atoms with Gasteiger partial charge in [-0.1, -0.05) is 49.7 Å². The fourth-order valence-electron chi connectivity index (χ4n) is 2.44. The number of carbonyl (C=O) groups is 2. The van der Waals surface area contributed by atoms with E-state index < -0.39 is 17.9 Å². The van der Waals surface area contributed by atoms with Crippen molar-refractivity contribution in [1.29, 1.82) is 5.26 Å². The molecule has 2 rings (SSSR count). The van der Waals surface area contributed by atoms with Crippen LogP contribution in [0.1, 0.15) is 29.8 Å². The van der Waals surface area contributed by atoms with Crippen molar-refractivity contribution in [1.82, 2.24) is 10.7 Å². The lowest BCUT2D eigenvalue weighted by molar-refractivity contribution is -0.123. The molecule has 2 aromatic carbocycles. The molecule has 1 atom stereocenters. The highest BCUT2D eigenvalue weighted by Gasteiger charge is 2.25. The lowest BCUT2D eigenvalue weighted by Gasteiger charge is -2.20. The molecule has 1 unspecified atom stereocenters. The lowest BCUT2D eigenvalue weighted by Crippen LogP contribution is -2.48. The van der Waals surface area contributed by atoms with Crippen LogP contribution < -0.4 is 15.5 Å². The summed E-state index contributed by atoms with van der Waals surface area (Å²) in [7, 11) is 0. The van der Waals surface area contributed by atoms with Gasteiger partial charge in [-0.05, 0) is 35.7 Å². The van der Waals surface area contributed by atoms with E-state index in [9.17, 15) is 9.59 Å². The molecule has 0 aliphatic carbocycles. The van der Waals surface area contributed by atoms with Crippen LogP contribution in [-0.2, 0) is 4.79 Å². The molecule has 0 spiro atoms. The third-order valence-electron chi connectivity index (χ3n) is 3.90. The average Bonchev–Trinajstić information content (AvgIpc) is 2.70. The predicted octanol–water partition coefficient (Wildman–Crippen LogP) is 3.15. The molecular weight excluding hydrogens is 392 g/mol. The topological polar surface area (TPSA) is 104 Å². The molecule has 0 aromatic heterocycles. The number of hydrogen-bond donors (Lipinski definition) is 2. The fraction of sp³-hybridized carbons (Fsp3) is 0.238. The zero-order chi connectivity index (χ0) is 21.2. The third-order valence-corrected chi connectivity index (χ3v) is 4.23. The molecule has 150 valence electrons. The fourth-order valence-corrected chi connectivity index (χ4v) is 2.66. The number of ether oxygens (including phenoxy) is 1. The first-order valence-corrected chi connectivity index (χ1v) is 9.28. The molecule has 2 aromatic rings. The Kier molecular flexibility index (Phi) is 8.19. The largest absolute Gasteiger partial charge is 0.479 e. The standard InChI is InChI=1S/C21H21ClN4O3/c1-14(2)19(25-20(27)17-8-3-4-9-18(17)22)21(28)26-24-13-15-6-5-7-16(12-15)29-11-10-23/h3-9,12-14,19H,11H2,1-2H3,(H,25,27)(H,26,28). The van der Waals surface area contributed by atoms with Crippen LogP contribution in [0, 0.1) is 17.2 Å². The van der Waals surface area contributed by atoms with Gasteiger partial charge >= 0.3 is 0 Å². The molecule has 0 fully saturated rings. The molecule has 0 heterocycles. The van der Waals surface area contributed by atoms with Gasteiger partial charge in [0.25, 0.3) is 11.8 Å². The van der Waals surface area contributed by atoms with Gasteiger partial charge in [-0.15, -0.1) is 0 Å². The number of nitriles is 1. The van der Waals surface area contributed by atoms with Crippen LogP contribution in [0.2, 0.25) is 5.02 Å². The van der Waals surface area contributed by atoms with Crippen LogP contribution in [0.4, 0.5) is 0 Å². The normalized spacial score (nSPS) is 11.7. The minimum atomic E-state index is -0.791. The van der Waals surface area contributed by atoms with Gasteiger partial charge in [0, 0.05) is 0 Å². The predicted molar refractivity (Wildman–Crippen MR) is 111 cm³/mol. The van der Waals surface area contributed by atoms with Gasteiger partial charge in [-0.3, -0.25) is 9.59 Å². The summed E-state index contributed by atoms with van der Waals surface area (Å²) in [5, 5.41) is 15.5. The van der Waals surface area contributed by atoms with Crippen LogP contribution in [0.5, 0.6) is 5.75 Å².